The van der Waals surface area contributed by atoms with E-state index >= 15 is 0 Å². The standard InChI is InChI=1S/C12H20N4O2S/c1-19(17,18)16-7-2-4-10(9-16)8-11(13)12-14-5-3-6-15-12/h3,5-6,10-11H,2,4,7-9,13H2,1H3. The van der Waals surface area contributed by atoms with E-state index < -0.39 is 10.0 Å². The largest absolute Gasteiger partial charge is 0.321 e. The zero-order valence-corrected chi connectivity index (χ0v) is 11.9. The first kappa shape index (κ1) is 14.4. The Hall–Kier alpha value is -1.05. The highest BCUT2D eigenvalue weighted by Crippen LogP contribution is 2.25. The van der Waals surface area contributed by atoms with Crippen LogP contribution in [-0.2, 0) is 10.0 Å². The molecular weight excluding hydrogens is 264 g/mol. The Morgan fingerprint density at radius 2 is 2.16 bits per heavy atom. The molecule has 0 spiro atoms. The van der Waals surface area contributed by atoms with Crippen LogP contribution in [-0.4, -0.2) is 42.0 Å². The van der Waals surface area contributed by atoms with Gasteiger partial charge in [0.05, 0.1) is 12.3 Å². The Bertz CT molecular complexity index is 506. The maximum Gasteiger partial charge on any atom is 0.211 e. The van der Waals surface area contributed by atoms with E-state index in [9.17, 15) is 8.42 Å². The van der Waals surface area contributed by atoms with E-state index in [1.54, 1.807) is 22.8 Å². The van der Waals surface area contributed by atoms with Crippen molar-refractivity contribution < 1.29 is 8.42 Å². The molecule has 2 atom stereocenters. The van der Waals surface area contributed by atoms with Crippen LogP contribution in [0.3, 0.4) is 0 Å². The van der Waals surface area contributed by atoms with Crippen LogP contribution in [0.1, 0.15) is 31.1 Å². The molecule has 19 heavy (non-hydrogen) atoms. The lowest BCUT2D eigenvalue weighted by Gasteiger charge is -2.31. The Kier molecular flexibility index (Phi) is 4.49. The van der Waals surface area contributed by atoms with Crippen molar-refractivity contribution in [2.24, 2.45) is 11.7 Å². The number of nitrogens with two attached hydrogens (primary N) is 1. The molecule has 106 valence electrons. The predicted molar refractivity (Wildman–Crippen MR) is 72.7 cm³/mol. The average Bonchev–Trinajstić information content (AvgIpc) is 2.39. The summed E-state index contributed by atoms with van der Waals surface area (Å²) in [4.78, 5) is 8.29. The first-order valence-corrected chi connectivity index (χ1v) is 8.29. The second-order valence-corrected chi connectivity index (χ2v) is 7.06. The summed E-state index contributed by atoms with van der Waals surface area (Å²) in [7, 11) is -3.10. The average molecular weight is 284 g/mol. The molecule has 0 saturated carbocycles. The monoisotopic (exact) mass is 284 g/mol. The number of aromatic nitrogens is 2. The van der Waals surface area contributed by atoms with Gasteiger partial charge in [-0.05, 0) is 31.2 Å². The minimum absolute atomic E-state index is 0.231. The number of hydrogen-bond donors (Lipinski definition) is 1. The van der Waals surface area contributed by atoms with Crippen molar-refractivity contribution in [2.45, 2.75) is 25.3 Å². The van der Waals surface area contributed by atoms with Gasteiger partial charge in [0.2, 0.25) is 10.0 Å². The zero-order valence-electron chi connectivity index (χ0n) is 11.1. The van der Waals surface area contributed by atoms with E-state index in [0.717, 1.165) is 19.3 Å². The number of piperidine rings is 1. The summed E-state index contributed by atoms with van der Waals surface area (Å²) in [6, 6.07) is 1.52. The van der Waals surface area contributed by atoms with Crippen molar-refractivity contribution in [3.8, 4) is 0 Å². The van der Waals surface area contributed by atoms with E-state index in [4.69, 9.17) is 5.73 Å². The molecule has 6 nitrogen and oxygen atoms in total. The molecule has 0 aliphatic carbocycles. The second-order valence-electron chi connectivity index (χ2n) is 5.08. The van der Waals surface area contributed by atoms with E-state index in [-0.39, 0.29) is 12.0 Å². The van der Waals surface area contributed by atoms with Crippen LogP contribution in [0, 0.1) is 5.92 Å². The van der Waals surface area contributed by atoms with Crippen molar-refractivity contribution in [3.63, 3.8) is 0 Å². The van der Waals surface area contributed by atoms with Gasteiger partial charge in [-0.1, -0.05) is 0 Å². The van der Waals surface area contributed by atoms with Crippen molar-refractivity contribution in [2.75, 3.05) is 19.3 Å². The quantitative estimate of drug-likeness (QED) is 0.871. The molecule has 1 aromatic heterocycles. The van der Waals surface area contributed by atoms with Gasteiger partial charge in [-0.3, -0.25) is 0 Å². The molecular formula is C12H20N4O2S. The van der Waals surface area contributed by atoms with E-state index in [1.165, 1.54) is 6.26 Å². The van der Waals surface area contributed by atoms with Gasteiger partial charge in [0, 0.05) is 25.5 Å². The van der Waals surface area contributed by atoms with Gasteiger partial charge in [-0.2, -0.15) is 0 Å². The molecule has 1 aromatic rings. The van der Waals surface area contributed by atoms with Crippen LogP contribution in [0.2, 0.25) is 0 Å². The molecule has 0 radical (unpaired) electrons. The SMILES string of the molecule is CS(=O)(=O)N1CCCC(CC(N)c2ncccn2)C1. The fourth-order valence-corrected chi connectivity index (χ4v) is 3.43. The first-order valence-electron chi connectivity index (χ1n) is 6.44. The van der Waals surface area contributed by atoms with Crippen LogP contribution >= 0.6 is 0 Å². The Morgan fingerprint density at radius 1 is 1.47 bits per heavy atom. The Morgan fingerprint density at radius 3 is 2.79 bits per heavy atom. The molecule has 7 heteroatoms. The lowest BCUT2D eigenvalue weighted by Crippen LogP contribution is -2.40. The smallest absolute Gasteiger partial charge is 0.211 e. The van der Waals surface area contributed by atoms with E-state index in [2.05, 4.69) is 9.97 Å². The summed E-state index contributed by atoms with van der Waals surface area (Å²) in [5, 5.41) is 0. The molecule has 2 N–H and O–H groups in total. The summed E-state index contributed by atoms with van der Waals surface area (Å²) in [6.45, 7) is 1.17. The lowest BCUT2D eigenvalue weighted by atomic mass is 9.92. The van der Waals surface area contributed by atoms with Gasteiger partial charge < -0.3 is 5.73 Å². The van der Waals surface area contributed by atoms with Gasteiger partial charge >= 0.3 is 0 Å². The van der Waals surface area contributed by atoms with Crippen molar-refractivity contribution in [1.82, 2.24) is 14.3 Å². The molecule has 0 amide bonds. The van der Waals surface area contributed by atoms with Gasteiger partial charge in [-0.15, -0.1) is 0 Å². The van der Waals surface area contributed by atoms with E-state index in [1.807, 2.05) is 0 Å². The highest BCUT2D eigenvalue weighted by Gasteiger charge is 2.27. The summed E-state index contributed by atoms with van der Waals surface area (Å²) < 4.78 is 24.7. The van der Waals surface area contributed by atoms with Gasteiger partial charge in [0.1, 0.15) is 5.82 Å². The predicted octanol–water partition coefficient (Wildman–Crippen LogP) is 0.538. The number of rotatable bonds is 4. The minimum Gasteiger partial charge on any atom is -0.321 e. The molecule has 2 rings (SSSR count). The fraction of sp³-hybridized carbons (Fsp3) is 0.667. The molecule has 1 aliphatic heterocycles. The summed E-state index contributed by atoms with van der Waals surface area (Å²) in [5.74, 6) is 0.904. The lowest BCUT2D eigenvalue weighted by molar-refractivity contribution is 0.245. The minimum atomic E-state index is -3.10. The maximum absolute atomic E-state index is 11.6. The highest BCUT2D eigenvalue weighted by atomic mass is 32.2. The molecule has 0 bridgehead atoms. The van der Waals surface area contributed by atoms with Crippen LogP contribution in [0.25, 0.3) is 0 Å². The maximum atomic E-state index is 11.6. The summed E-state index contributed by atoms with van der Waals surface area (Å²) in [6.07, 6.45) is 7.22. The second kappa shape index (κ2) is 5.94. The van der Waals surface area contributed by atoms with Crippen molar-refractivity contribution >= 4 is 10.0 Å². The highest BCUT2D eigenvalue weighted by molar-refractivity contribution is 7.88. The van der Waals surface area contributed by atoms with Gasteiger partial charge in [0.15, 0.2) is 0 Å². The third kappa shape index (κ3) is 3.95. The Labute approximate surface area is 114 Å². The Balaban J connectivity index is 1.96. The molecule has 1 aliphatic rings. The van der Waals surface area contributed by atoms with Gasteiger partial charge in [-0.25, -0.2) is 22.7 Å². The van der Waals surface area contributed by atoms with Crippen LogP contribution < -0.4 is 5.73 Å². The molecule has 1 fully saturated rings. The number of sulfonamides is 1. The van der Waals surface area contributed by atoms with Crippen molar-refractivity contribution in [3.05, 3.63) is 24.3 Å². The third-order valence-corrected chi connectivity index (χ3v) is 4.73. The summed E-state index contributed by atoms with van der Waals surface area (Å²) in [5.41, 5.74) is 6.09. The van der Waals surface area contributed by atoms with Crippen LogP contribution in [0.15, 0.2) is 18.5 Å². The zero-order chi connectivity index (χ0) is 13.9. The molecule has 2 heterocycles. The molecule has 2 unspecified atom stereocenters. The normalized spacial score (nSPS) is 23.2. The van der Waals surface area contributed by atoms with Crippen molar-refractivity contribution in [1.29, 1.82) is 0 Å². The summed E-state index contributed by atoms with van der Waals surface area (Å²) >= 11 is 0. The topological polar surface area (TPSA) is 89.2 Å². The number of hydrogen-bond acceptors (Lipinski definition) is 5. The van der Waals surface area contributed by atoms with Crippen LogP contribution in [0.4, 0.5) is 0 Å². The molecule has 1 saturated heterocycles. The van der Waals surface area contributed by atoms with Crippen LogP contribution in [0.5, 0.6) is 0 Å². The first-order chi connectivity index (χ1) is 8.97. The fourth-order valence-electron chi connectivity index (χ4n) is 2.49. The third-order valence-electron chi connectivity index (χ3n) is 3.46. The molecule has 0 aromatic carbocycles. The van der Waals surface area contributed by atoms with E-state index in [0.29, 0.717) is 18.9 Å². The number of nitrogens with zero attached hydrogens (tertiary/aromatic N) is 3. The van der Waals surface area contributed by atoms with Gasteiger partial charge in [0.25, 0.3) is 0 Å².